The van der Waals surface area contributed by atoms with Crippen LogP contribution in [-0.4, -0.2) is 0 Å². The summed E-state index contributed by atoms with van der Waals surface area (Å²) in [5.41, 5.74) is 5.69. The average molecular weight is 383 g/mol. The molecule has 0 atom stereocenters. The van der Waals surface area contributed by atoms with Gasteiger partial charge in [-0.3, -0.25) is 0 Å². The summed E-state index contributed by atoms with van der Waals surface area (Å²) in [5.74, 6) is 0.750. The molecule has 0 saturated heterocycles. The van der Waals surface area contributed by atoms with Crippen molar-refractivity contribution in [1.29, 1.82) is 0 Å². The zero-order chi connectivity index (χ0) is 18.8. The topological polar surface area (TPSA) is 3.88 Å². The maximum absolute atomic E-state index is 2.50. The molecule has 0 amide bonds. The van der Waals surface area contributed by atoms with E-state index in [0.29, 0.717) is 0 Å². The molecule has 2 aliphatic rings. The fourth-order valence-corrected chi connectivity index (χ4v) is 6.62. The lowest BCUT2D eigenvalue weighted by Crippen LogP contribution is -2.32. The largest absolute Gasteiger partial charge is 0.227 e. The number of fused-ring (bicyclic) bond motifs is 4. The number of hydrogen-bond acceptors (Lipinski definition) is 1. The highest BCUT2D eigenvalue weighted by atomic mass is 32.2. The molecule has 0 spiro atoms. The Balaban J connectivity index is 1.70. The molecule has 138 valence electrons. The first kappa shape index (κ1) is 16.6. The predicted molar refractivity (Wildman–Crippen MR) is 118 cm³/mol. The van der Waals surface area contributed by atoms with Crippen LogP contribution < -0.4 is 4.57 Å². The van der Waals surface area contributed by atoms with Crippen LogP contribution in [0, 0.1) is 6.92 Å². The van der Waals surface area contributed by atoms with Gasteiger partial charge in [-0.15, -0.1) is 0 Å². The molecule has 4 aromatic rings. The first-order valence-electron chi connectivity index (χ1n) is 10.4. The summed E-state index contributed by atoms with van der Waals surface area (Å²) in [5, 5.41) is 5.53. The van der Waals surface area contributed by atoms with Crippen LogP contribution in [0.25, 0.3) is 32.8 Å². The minimum Gasteiger partial charge on any atom is -0.199 e. The van der Waals surface area contributed by atoms with Gasteiger partial charge in [-0.1, -0.05) is 54.9 Å². The van der Waals surface area contributed by atoms with Crippen LogP contribution in [0.2, 0.25) is 0 Å². The Morgan fingerprint density at radius 3 is 2.64 bits per heavy atom. The maximum Gasteiger partial charge on any atom is 0.227 e. The average Bonchev–Trinajstić information content (AvgIpc) is 3.25. The number of aryl methyl sites for hydroxylation is 2. The Kier molecular flexibility index (Phi) is 3.61. The standard InChI is InChI=1S/C26H24NS/c1-16-10-11-18-8-5-9-22-24(18)23(16)25-26(28-22)21-14-19(17-6-3-4-7-17)12-13-20(21)15-27(25)2/h5,8-15,17H,3-4,6-7H2,1-2H3/q+1. The predicted octanol–water partition coefficient (Wildman–Crippen LogP) is 6.92. The van der Waals surface area contributed by atoms with Crippen molar-refractivity contribution in [1.82, 2.24) is 0 Å². The van der Waals surface area contributed by atoms with E-state index in [1.807, 2.05) is 11.8 Å². The van der Waals surface area contributed by atoms with Crippen LogP contribution in [0.3, 0.4) is 0 Å². The highest BCUT2D eigenvalue weighted by Crippen LogP contribution is 2.50. The minimum absolute atomic E-state index is 0.750. The van der Waals surface area contributed by atoms with Gasteiger partial charge >= 0.3 is 0 Å². The first-order chi connectivity index (χ1) is 13.7. The molecule has 0 bridgehead atoms. The molecule has 1 aromatic heterocycles. The molecule has 28 heavy (non-hydrogen) atoms. The van der Waals surface area contributed by atoms with Gasteiger partial charge in [-0.25, -0.2) is 0 Å². The molecule has 1 nitrogen and oxygen atoms in total. The third kappa shape index (κ3) is 2.31. The number of aromatic nitrogens is 1. The molecule has 6 rings (SSSR count). The van der Waals surface area contributed by atoms with Gasteiger partial charge in [-0.2, -0.15) is 4.57 Å². The van der Waals surface area contributed by atoms with Crippen molar-refractivity contribution in [3.8, 4) is 11.3 Å². The van der Waals surface area contributed by atoms with Crippen molar-refractivity contribution in [2.24, 2.45) is 7.05 Å². The molecule has 2 heterocycles. The molecule has 0 N–H and O–H groups in total. The Bertz CT molecular complexity index is 1260. The molecular formula is C26H24NS+. The third-order valence-electron chi connectivity index (χ3n) is 6.71. The fraction of sp³-hybridized carbons (Fsp3) is 0.269. The third-order valence-corrected chi connectivity index (χ3v) is 7.89. The second-order valence-corrected chi connectivity index (χ2v) is 9.51. The summed E-state index contributed by atoms with van der Waals surface area (Å²) in [7, 11) is 2.20. The first-order valence-corrected chi connectivity index (χ1v) is 11.2. The van der Waals surface area contributed by atoms with Gasteiger partial charge in [0.2, 0.25) is 5.69 Å². The number of hydrogen-bond donors (Lipinski definition) is 0. The van der Waals surface area contributed by atoms with E-state index >= 15 is 0 Å². The van der Waals surface area contributed by atoms with Crippen LogP contribution in [0.15, 0.2) is 64.5 Å². The Morgan fingerprint density at radius 2 is 1.79 bits per heavy atom. The van der Waals surface area contributed by atoms with E-state index in [4.69, 9.17) is 0 Å². The lowest BCUT2D eigenvalue weighted by molar-refractivity contribution is -0.660. The van der Waals surface area contributed by atoms with Gasteiger partial charge in [0.25, 0.3) is 0 Å². The van der Waals surface area contributed by atoms with Gasteiger partial charge in [-0.05, 0) is 60.4 Å². The summed E-state index contributed by atoms with van der Waals surface area (Å²) < 4.78 is 2.34. The van der Waals surface area contributed by atoms with Crippen LogP contribution in [0.4, 0.5) is 0 Å². The number of rotatable bonds is 1. The van der Waals surface area contributed by atoms with E-state index in [1.165, 1.54) is 79.4 Å². The zero-order valence-corrected chi connectivity index (χ0v) is 17.3. The summed E-state index contributed by atoms with van der Waals surface area (Å²) in [4.78, 5) is 2.82. The number of nitrogens with zero attached hydrogens (tertiary/aromatic N) is 1. The van der Waals surface area contributed by atoms with Crippen molar-refractivity contribution < 1.29 is 4.57 Å². The molecule has 1 aliphatic carbocycles. The molecule has 2 heteroatoms. The maximum atomic E-state index is 2.50. The van der Waals surface area contributed by atoms with Crippen molar-refractivity contribution >= 4 is 33.3 Å². The molecule has 1 saturated carbocycles. The summed E-state index contributed by atoms with van der Waals surface area (Å²) in [6.45, 7) is 2.25. The second-order valence-electron chi connectivity index (χ2n) is 8.46. The van der Waals surface area contributed by atoms with Crippen LogP contribution in [-0.2, 0) is 7.05 Å². The SMILES string of the molecule is Cc1ccc2cccc3c2c1-c1c(c2cc(C4CCCC4)ccc2c[n+]1C)S3. The van der Waals surface area contributed by atoms with E-state index < -0.39 is 0 Å². The van der Waals surface area contributed by atoms with E-state index in [0.717, 1.165) is 5.92 Å². The highest BCUT2D eigenvalue weighted by molar-refractivity contribution is 8.00. The Labute approximate surface area is 170 Å². The lowest BCUT2D eigenvalue weighted by Gasteiger charge is -2.21. The summed E-state index contributed by atoms with van der Waals surface area (Å²) in [6, 6.07) is 18.5. The van der Waals surface area contributed by atoms with E-state index in [-0.39, 0.29) is 0 Å². The fourth-order valence-electron chi connectivity index (χ4n) is 5.30. The zero-order valence-electron chi connectivity index (χ0n) is 16.5. The second kappa shape index (κ2) is 6.09. The molecule has 0 unspecified atom stereocenters. The smallest absolute Gasteiger partial charge is 0.199 e. The summed E-state index contributed by atoms with van der Waals surface area (Å²) >= 11 is 1.96. The van der Waals surface area contributed by atoms with Crippen molar-refractivity contribution in [2.45, 2.75) is 48.3 Å². The lowest BCUT2D eigenvalue weighted by atomic mass is 9.93. The van der Waals surface area contributed by atoms with E-state index in [2.05, 4.69) is 73.3 Å². The van der Waals surface area contributed by atoms with E-state index in [9.17, 15) is 0 Å². The number of pyridine rings is 1. The van der Waals surface area contributed by atoms with Crippen molar-refractivity contribution in [3.05, 3.63) is 65.9 Å². The monoisotopic (exact) mass is 382 g/mol. The Hall–Kier alpha value is -2.32. The molecule has 1 aliphatic heterocycles. The quantitative estimate of drug-likeness (QED) is 0.285. The normalized spacial score (nSPS) is 16.1. The van der Waals surface area contributed by atoms with Gasteiger partial charge in [0, 0.05) is 21.1 Å². The molecule has 3 aromatic carbocycles. The van der Waals surface area contributed by atoms with Gasteiger partial charge in [0.05, 0.1) is 10.5 Å². The minimum atomic E-state index is 0.750. The van der Waals surface area contributed by atoms with Crippen LogP contribution >= 0.6 is 11.8 Å². The van der Waals surface area contributed by atoms with E-state index in [1.54, 1.807) is 0 Å². The van der Waals surface area contributed by atoms with Crippen LogP contribution in [0.1, 0.15) is 42.7 Å². The highest BCUT2D eigenvalue weighted by Gasteiger charge is 2.30. The van der Waals surface area contributed by atoms with Crippen LogP contribution in [0.5, 0.6) is 0 Å². The molecular weight excluding hydrogens is 358 g/mol. The molecule has 1 fully saturated rings. The summed E-state index contributed by atoms with van der Waals surface area (Å²) in [6.07, 6.45) is 7.78. The Morgan fingerprint density at radius 1 is 0.964 bits per heavy atom. The van der Waals surface area contributed by atoms with Crippen molar-refractivity contribution in [2.75, 3.05) is 0 Å². The van der Waals surface area contributed by atoms with Gasteiger partial charge in [0.1, 0.15) is 7.05 Å². The molecule has 0 radical (unpaired) electrons. The van der Waals surface area contributed by atoms with Gasteiger partial charge < -0.3 is 0 Å². The number of benzene rings is 3. The van der Waals surface area contributed by atoms with Crippen molar-refractivity contribution in [3.63, 3.8) is 0 Å². The van der Waals surface area contributed by atoms with Gasteiger partial charge in [0.15, 0.2) is 6.20 Å².